The van der Waals surface area contributed by atoms with E-state index in [1.54, 1.807) is 0 Å². The Morgan fingerprint density at radius 3 is 2.48 bits per heavy atom. The average molecular weight is 280 g/mol. The van der Waals surface area contributed by atoms with E-state index in [2.05, 4.69) is 24.4 Å². The lowest BCUT2D eigenvalue weighted by molar-refractivity contribution is 0.472. The Kier molecular flexibility index (Phi) is 4.62. The summed E-state index contributed by atoms with van der Waals surface area (Å²) in [6.07, 6.45) is 0. The summed E-state index contributed by atoms with van der Waals surface area (Å²) in [5, 5.41) is 12.4. The van der Waals surface area contributed by atoms with Gasteiger partial charge in [0.25, 0.3) is 0 Å². The van der Waals surface area contributed by atoms with Crippen LogP contribution < -0.4 is 10.1 Å². The lowest BCUT2D eigenvalue weighted by atomic mass is 10.0. The molecule has 0 aliphatic rings. The Balaban J connectivity index is 2.41. The third kappa shape index (κ3) is 3.24. The quantitative estimate of drug-likeness (QED) is 0.920. The second-order valence-corrected chi connectivity index (χ2v) is 5.23. The minimum Gasteiger partial charge on any atom is -0.455 e. The highest BCUT2D eigenvalue weighted by molar-refractivity contribution is 5.51. The summed E-state index contributed by atoms with van der Waals surface area (Å²) < 4.78 is 6.03. The topological polar surface area (TPSA) is 45.0 Å². The van der Waals surface area contributed by atoms with Crippen molar-refractivity contribution in [2.75, 3.05) is 7.05 Å². The predicted molar refractivity (Wildman–Crippen MR) is 84.6 cm³/mol. The fourth-order valence-electron chi connectivity index (χ4n) is 2.26. The molecule has 0 radical (unpaired) electrons. The molecule has 2 aromatic carbocycles. The van der Waals surface area contributed by atoms with Crippen LogP contribution in [-0.2, 0) is 6.54 Å². The molecule has 2 aromatic rings. The number of rotatable bonds is 4. The SMILES string of the molecule is CNCc1ccc(Oc2c(C)ccc(C)c2C)c(C#N)c1. The van der Waals surface area contributed by atoms with Crippen LogP contribution >= 0.6 is 0 Å². The van der Waals surface area contributed by atoms with E-state index in [1.807, 2.05) is 45.2 Å². The summed E-state index contributed by atoms with van der Waals surface area (Å²) in [4.78, 5) is 0. The molecule has 3 nitrogen and oxygen atoms in total. The molecule has 0 aromatic heterocycles. The monoisotopic (exact) mass is 280 g/mol. The van der Waals surface area contributed by atoms with Gasteiger partial charge in [0.15, 0.2) is 0 Å². The van der Waals surface area contributed by atoms with Crippen molar-refractivity contribution in [3.8, 4) is 17.6 Å². The Morgan fingerprint density at radius 2 is 1.81 bits per heavy atom. The first-order chi connectivity index (χ1) is 10.1. The maximum atomic E-state index is 9.33. The van der Waals surface area contributed by atoms with E-state index in [1.165, 1.54) is 5.56 Å². The number of nitrogens with one attached hydrogen (secondary N) is 1. The zero-order valence-electron chi connectivity index (χ0n) is 12.9. The summed E-state index contributed by atoms with van der Waals surface area (Å²) in [6.45, 7) is 6.85. The summed E-state index contributed by atoms with van der Waals surface area (Å²) in [7, 11) is 1.88. The summed E-state index contributed by atoms with van der Waals surface area (Å²) in [6, 6.07) is 12.1. The van der Waals surface area contributed by atoms with E-state index in [9.17, 15) is 5.26 Å². The van der Waals surface area contributed by atoms with Gasteiger partial charge in [-0.15, -0.1) is 0 Å². The van der Waals surface area contributed by atoms with Crippen molar-refractivity contribution in [3.63, 3.8) is 0 Å². The van der Waals surface area contributed by atoms with E-state index in [0.29, 0.717) is 11.3 Å². The van der Waals surface area contributed by atoms with Gasteiger partial charge >= 0.3 is 0 Å². The van der Waals surface area contributed by atoms with Crippen LogP contribution in [-0.4, -0.2) is 7.05 Å². The van der Waals surface area contributed by atoms with Crippen LogP contribution in [0, 0.1) is 32.1 Å². The molecule has 0 spiro atoms. The van der Waals surface area contributed by atoms with Crippen LogP contribution in [0.25, 0.3) is 0 Å². The standard InChI is InChI=1S/C18H20N2O/c1-12-5-6-13(2)18(14(12)3)21-17-8-7-15(11-20-4)9-16(17)10-19/h5-9,20H,11H2,1-4H3. The normalized spacial score (nSPS) is 10.2. The molecule has 0 fully saturated rings. The van der Waals surface area contributed by atoms with Gasteiger partial charge in [-0.1, -0.05) is 18.2 Å². The van der Waals surface area contributed by atoms with Crippen LogP contribution in [0.2, 0.25) is 0 Å². The fourth-order valence-corrected chi connectivity index (χ4v) is 2.26. The first-order valence-electron chi connectivity index (χ1n) is 6.99. The zero-order valence-corrected chi connectivity index (χ0v) is 12.9. The van der Waals surface area contributed by atoms with Crippen LogP contribution in [0.5, 0.6) is 11.5 Å². The minimum atomic E-state index is 0.558. The summed E-state index contributed by atoms with van der Waals surface area (Å²) >= 11 is 0. The molecule has 0 saturated heterocycles. The Labute approximate surface area is 126 Å². The van der Waals surface area contributed by atoms with Crippen LogP contribution in [0.1, 0.15) is 27.8 Å². The highest BCUT2D eigenvalue weighted by Crippen LogP contribution is 2.32. The van der Waals surface area contributed by atoms with Crippen molar-refractivity contribution in [2.45, 2.75) is 27.3 Å². The lowest BCUT2D eigenvalue weighted by Gasteiger charge is -2.15. The van der Waals surface area contributed by atoms with Gasteiger partial charge < -0.3 is 10.1 Å². The molecule has 0 amide bonds. The molecule has 21 heavy (non-hydrogen) atoms. The van der Waals surface area contributed by atoms with Crippen molar-refractivity contribution in [1.29, 1.82) is 5.26 Å². The molecule has 0 bridgehead atoms. The maximum Gasteiger partial charge on any atom is 0.145 e. The second-order valence-electron chi connectivity index (χ2n) is 5.23. The second kappa shape index (κ2) is 6.43. The number of nitrogens with zero attached hydrogens (tertiary/aromatic N) is 1. The van der Waals surface area contributed by atoms with Gasteiger partial charge in [-0.2, -0.15) is 5.26 Å². The molecule has 3 heteroatoms. The third-order valence-corrected chi connectivity index (χ3v) is 3.63. The number of hydrogen-bond acceptors (Lipinski definition) is 3. The Morgan fingerprint density at radius 1 is 1.10 bits per heavy atom. The highest BCUT2D eigenvalue weighted by atomic mass is 16.5. The van der Waals surface area contributed by atoms with Crippen molar-refractivity contribution in [1.82, 2.24) is 5.32 Å². The van der Waals surface area contributed by atoms with Gasteiger partial charge in [0.2, 0.25) is 0 Å². The fraction of sp³-hybridized carbons (Fsp3) is 0.278. The molecular weight excluding hydrogens is 260 g/mol. The molecule has 0 aliphatic carbocycles. The molecule has 0 heterocycles. The van der Waals surface area contributed by atoms with E-state index < -0.39 is 0 Å². The molecule has 0 aliphatic heterocycles. The van der Waals surface area contributed by atoms with Crippen molar-refractivity contribution >= 4 is 0 Å². The van der Waals surface area contributed by atoms with Gasteiger partial charge in [0.05, 0.1) is 5.56 Å². The van der Waals surface area contributed by atoms with Gasteiger partial charge in [-0.3, -0.25) is 0 Å². The first kappa shape index (κ1) is 15.1. The number of aryl methyl sites for hydroxylation is 2. The minimum absolute atomic E-state index is 0.558. The van der Waals surface area contributed by atoms with E-state index >= 15 is 0 Å². The largest absolute Gasteiger partial charge is 0.455 e. The van der Waals surface area contributed by atoms with E-state index in [-0.39, 0.29) is 0 Å². The van der Waals surface area contributed by atoms with Gasteiger partial charge in [-0.05, 0) is 62.2 Å². The van der Waals surface area contributed by atoms with E-state index in [4.69, 9.17) is 4.74 Å². The van der Waals surface area contributed by atoms with Crippen molar-refractivity contribution in [3.05, 3.63) is 58.1 Å². The Bertz CT molecular complexity index is 699. The molecule has 1 N–H and O–H groups in total. The smallest absolute Gasteiger partial charge is 0.145 e. The van der Waals surface area contributed by atoms with E-state index in [0.717, 1.165) is 29.0 Å². The number of benzene rings is 2. The summed E-state index contributed by atoms with van der Waals surface area (Å²) in [5.74, 6) is 1.45. The number of hydrogen-bond donors (Lipinski definition) is 1. The number of ether oxygens (including phenoxy) is 1. The van der Waals surface area contributed by atoms with Crippen molar-refractivity contribution < 1.29 is 4.74 Å². The van der Waals surface area contributed by atoms with Crippen molar-refractivity contribution in [2.24, 2.45) is 0 Å². The van der Waals surface area contributed by atoms with Gasteiger partial charge in [0, 0.05) is 6.54 Å². The maximum absolute atomic E-state index is 9.33. The molecule has 0 atom stereocenters. The lowest BCUT2D eigenvalue weighted by Crippen LogP contribution is -2.05. The predicted octanol–water partition coefficient (Wildman–Crippen LogP) is 4.00. The molecule has 0 unspecified atom stereocenters. The molecular formula is C18H20N2O. The van der Waals surface area contributed by atoms with Crippen LogP contribution in [0.3, 0.4) is 0 Å². The Hall–Kier alpha value is -2.31. The zero-order chi connectivity index (χ0) is 15.4. The highest BCUT2D eigenvalue weighted by Gasteiger charge is 2.11. The van der Waals surface area contributed by atoms with Crippen LogP contribution in [0.15, 0.2) is 30.3 Å². The molecule has 2 rings (SSSR count). The van der Waals surface area contributed by atoms with Gasteiger partial charge in [-0.25, -0.2) is 0 Å². The summed E-state index contributed by atoms with van der Waals surface area (Å²) in [5.41, 5.74) is 4.99. The number of nitriles is 1. The van der Waals surface area contributed by atoms with Crippen LogP contribution in [0.4, 0.5) is 0 Å². The van der Waals surface area contributed by atoms with Gasteiger partial charge in [0.1, 0.15) is 17.6 Å². The first-order valence-corrected chi connectivity index (χ1v) is 6.99. The molecule has 108 valence electrons. The molecule has 0 saturated carbocycles. The average Bonchev–Trinajstić information content (AvgIpc) is 2.49. The third-order valence-electron chi connectivity index (χ3n) is 3.63.